The van der Waals surface area contributed by atoms with Gasteiger partial charge in [-0.15, -0.1) is 0 Å². The molecule has 1 aromatic heterocycles. The molecule has 0 bridgehead atoms. The Balaban J connectivity index is 1.31. The molecule has 1 amide bonds. The number of piperazine rings is 1. The molecule has 2 aliphatic rings. The van der Waals surface area contributed by atoms with Gasteiger partial charge in [-0.2, -0.15) is 0 Å². The summed E-state index contributed by atoms with van der Waals surface area (Å²) in [6.07, 6.45) is 0. The van der Waals surface area contributed by atoms with Gasteiger partial charge in [-0.25, -0.2) is 9.97 Å². The monoisotopic (exact) mass is 467 g/mol. The standard InChI is InChI=1S/C20H23Cl2N5O2S/c21-15-3-1-2-4-16(15)25-5-7-27(8-6-25)19(28)14-30-20-23-17(22)13-18(24-20)26-9-11-29-12-10-26/h1-4,13H,5-12,14H2. The molecule has 0 N–H and O–H groups in total. The molecule has 10 heteroatoms. The molecule has 7 nitrogen and oxygen atoms in total. The van der Waals surface area contributed by atoms with Crippen LogP contribution in [0.2, 0.25) is 10.2 Å². The summed E-state index contributed by atoms with van der Waals surface area (Å²) in [4.78, 5) is 27.8. The summed E-state index contributed by atoms with van der Waals surface area (Å²) in [5.74, 6) is 1.14. The van der Waals surface area contributed by atoms with Gasteiger partial charge in [0.25, 0.3) is 0 Å². The Morgan fingerprint density at radius 3 is 2.47 bits per heavy atom. The summed E-state index contributed by atoms with van der Waals surface area (Å²) in [5, 5.41) is 1.64. The highest BCUT2D eigenvalue weighted by Gasteiger charge is 2.23. The van der Waals surface area contributed by atoms with E-state index in [0.717, 1.165) is 42.7 Å². The molecule has 160 valence electrons. The molecule has 2 aliphatic heterocycles. The minimum atomic E-state index is 0.0790. The number of carbonyl (C=O) groups is 1. The summed E-state index contributed by atoms with van der Waals surface area (Å²) in [6, 6.07) is 9.56. The van der Waals surface area contributed by atoms with Crippen molar-refractivity contribution >= 4 is 52.4 Å². The van der Waals surface area contributed by atoms with Crippen LogP contribution in [0.5, 0.6) is 0 Å². The van der Waals surface area contributed by atoms with Crippen LogP contribution in [-0.2, 0) is 9.53 Å². The van der Waals surface area contributed by atoms with E-state index in [-0.39, 0.29) is 11.7 Å². The van der Waals surface area contributed by atoms with Crippen LogP contribution in [0.15, 0.2) is 35.5 Å². The average Bonchev–Trinajstić information content (AvgIpc) is 2.78. The van der Waals surface area contributed by atoms with E-state index in [2.05, 4.69) is 19.8 Å². The zero-order valence-corrected chi connectivity index (χ0v) is 18.8. The van der Waals surface area contributed by atoms with Crippen molar-refractivity contribution in [3.63, 3.8) is 0 Å². The van der Waals surface area contributed by atoms with E-state index >= 15 is 0 Å². The fourth-order valence-corrected chi connectivity index (χ4v) is 4.77. The van der Waals surface area contributed by atoms with Crippen LogP contribution < -0.4 is 9.80 Å². The number of anilines is 2. The molecule has 1 aromatic carbocycles. The summed E-state index contributed by atoms with van der Waals surface area (Å²) in [6.45, 7) is 5.73. The molecule has 2 fully saturated rings. The number of rotatable bonds is 5. The number of carbonyl (C=O) groups excluding carboxylic acids is 1. The molecule has 0 unspecified atom stereocenters. The lowest BCUT2D eigenvalue weighted by molar-refractivity contribution is -0.128. The minimum Gasteiger partial charge on any atom is -0.378 e. The van der Waals surface area contributed by atoms with Gasteiger partial charge < -0.3 is 19.4 Å². The lowest BCUT2D eigenvalue weighted by atomic mass is 10.2. The normalized spacial score (nSPS) is 17.3. The van der Waals surface area contributed by atoms with Crippen molar-refractivity contribution in [1.82, 2.24) is 14.9 Å². The third kappa shape index (κ3) is 5.29. The van der Waals surface area contributed by atoms with Gasteiger partial charge in [-0.1, -0.05) is 47.1 Å². The topological polar surface area (TPSA) is 61.8 Å². The number of nitrogens with zero attached hydrogens (tertiary/aromatic N) is 5. The summed E-state index contributed by atoms with van der Waals surface area (Å²) in [5.41, 5.74) is 1.02. The van der Waals surface area contributed by atoms with Crippen molar-refractivity contribution in [2.24, 2.45) is 0 Å². The third-order valence-corrected chi connectivity index (χ3v) is 6.49. The summed E-state index contributed by atoms with van der Waals surface area (Å²) in [7, 11) is 0. The van der Waals surface area contributed by atoms with Gasteiger partial charge in [0.05, 0.1) is 29.7 Å². The quantitative estimate of drug-likeness (QED) is 0.380. The van der Waals surface area contributed by atoms with Crippen molar-refractivity contribution < 1.29 is 9.53 Å². The van der Waals surface area contributed by atoms with E-state index < -0.39 is 0 Å². The van der Waals surface area contributed by atoms with Crippen molar-refractivity contribution in [2.45, 2.75) is 5.16 Å². The number of ether oxygens (including phenoxy) is 1. The number of amides is 1. The Morgan fingerprint density at radius 2 is 1.73 bits per heavy atom. The second-order valence-corrected chi connectivity index (χ2v) is 8.78. The summed E-state index contributed by atoms with van der Waals surface area (Å²) >= 11 is 13.8. The number of aromatic nitrogens is 2. The molecule has 30 heavy (non-hydrogen) atoms. The van der Waals surface area contributed by atoms with Gasteiger partial charge in [0.1, 0.15) is 11.0 Å². The highest BCUT2D eigenvalue weighted by molar-refractivity contribution is 7.99. The Kier molecular flexibility index (Phi) is 7.20. The molecular weight excluding hydrogens is 445 g/mol. The number of para-hydroxylation sites is 1. The highest BCUT2D eigenvalue weighted by atomic mass is 35.5. The number of morpholine rings is 1. The lowest BCUT2D eigenvalue weighted by Crippen LogP contribution is -2.49. The van der Waals surface area contributed by atoms with Crippen LogP contribution in [0.3, 0.4) is 0 Å². The first-order valence-electron chi connectivity index (χ1n) is 9.87. The SMILES string of the molecule is O=C(CSc1nc(Cl)cc(N2CCOCC2)n1)N1CCN(c2ccccc2Cl)CC1. The molecule has 0 atom stereocenters. The Hall–Kier alpha value is -1.74. The van der Waals surface area contributed by atoms with Gasteiger partial charge >= 0.3 is 0 Å². The van der Waals surface area contributed by atoms with Gasteiger partial charge in [-0.05, 0) is 12.1 Å². The minimum absolute atomic E-state index is 0.0790. The molecule has 0 aliphatic carbocycles. The number of hydrogen-bond donors (Lipinski definition) is 0. The first-order chi connectivity index (χ1) is 14.6. The Labute approximate surface area is 190 Å². The van der Waals surface area contributed by atoms with Crippen LogP contribution in [0, 0.1) is 0 Å². The number of benzene rings is 1. The lowest BCUT2D eigenvalue weighted by Gasteiger charge is -2.36. The van der Waals surface area contributed by atoms with Crippen LogP contribution in [0.25, 0.3) is 0 Å². The van der Waals surface area contributed by atoms with Crippen LogP contribution in [-0.4, -0.2) is 79.0 Å². The zero-order chi connectivity index (χ0) is 20.9. The van der Waals surface area contributed by atoms with Crippen LogP contribution in [0.1, 0.15) is 0 Å². The maximum absolute atomic E-state index is 12.7. The predicted molar refractivity (Wildman–Crippen MR) is 121 cm³/mol. The highest BCUT2D eigenvalue weighted by Crippen LogP contribution is 2.27. The van der Waals surface area contributed by atoms with Gasteiger partial charge in [-0.3, -0.25) is 4.79 Å². The second kappa shape index (κ2) is 10.0. The first-order valence-corrected chi connectivity index (χ1v) is 11.6. The van der Waals surface area contributed by atoms with E-state index in [0.29, 0.717) is 36.6 Å². The van der Waals surface area contributed by atoms with Gasteiger partial charge in [0.15, 0.2) is 5.16 Å². The zero-order valence-electron chi connectivity index (χ0n) is 16.5. The molecule has 3 heterocycles. The number of thioether (sulfide) groups is 1. The molecular formula is C20H23Cl2N5O2S. The fourth-order valence-electron chi connectivity index (χ4n) is 3.53. The maximum atomic E-state index is 12.7. The van der Waals surface area contributed by atoms with E-state index in [1.807, 2.05) is 29.2 Å². The predicted octanol–water partition coefficient (Wildman–Crippen LogP) is 3.06. The van der Waals surface area contributed by atoms with Crippen molar-refractivity contribution in [3.05, 3.63) is 40.5 Å². The van der Waals surface area contributed by atoms with Gasteiger partial charge in [0, 0.05) is 45.3 Å². The van der Waals surface area contributed by atoms with Crippen molar-refractivity contribution in [2.75, 3.05) is 68.0 Å². The van der Waals surface area contributed by atoms with Crippen molar-refractivity contribution in [1.29, 1.82) is 0 Å². The first kappa shape index (κ1) is 21.5. The van der Waals surface area contributed by atoms with Crippen LogP contribution in [0.4, 0.5) is 11.5 Å². The largest absolute Gasteiger partial charge is 0.378 e. The Morgan fingerprint density at radius 1 is 1.00 bits per heavy atom. The average molecular weight is 468 g/mol. The summed E-state index contributed by atoms with van der Waals surface area (Å²) < 4.78 is 5.39. The molecule has 0 saturated carbocycles. The molecule has 4 rings (SSSR count). The molecule has 2 aromatic rings. The van der Waals surface area contributed by atoms with E-state index in [4.69, 9.17) is 27.9 Å². The third-order valence-electron chi connectivity index (χ3n) is 5.15. The Bertz CT molecular complexity index is 889. The molecule has 2 saturated heterocycles. The number of hydrogen-bond acceptors (Lipinski definition) is 7. The van der Waals surface area contributed by atoms with E-state index in [1.54, 1.807) is 6.07 Å². The fraction of sp³-hybridized carbons (Fsp3) is 0.450. The van der Waals surface area contributed by atoms with Crippen LogP contribution >= 0.6 is 35.0 Å². The van der Waals surface area contributed by atoms with E-state index in [1.165, 1.54) is 11.8 Å². The molecule has 0 radical (unpaired) electrons. The molecule has 0 spiro atoms. The second-order valence-electron chi connectivity index (χ2n) is 7.04. The smallest absolute Gasteiger partial charge is 0.233 e. The number of halogens is 2. The van der Waals surface area contributed by atoms with Crippen molar-refractivity contribution in [3.8, 4) is 0 Å². The maximum Gasteiger partial charge on any atom is 0.233 e. The van der Waals surface area contributed by atoms with Gasteiger partial charge in [0.2, 0.25) is 5.91 Å². The van der Waals surface area contributed by atoms with E-state index in [9.17, 15) is 4.79 Å².